The minimum Gasteiger partial charge on any atom is -0.506 e. The zero-order chi connectivity index (χ0) is 88.7. The molecule has 20 nitrogen and oxygen atoms in total. The Morgan fingerprint density at radius 3 is 0.728 bits per heavy atom. The molecule has 8 heterocycles. The Labute approximate surface area is 759 Å². The van der Waals surface area contributed by atoms with E-state index in [1.54, 1.807) is 25.3 Å². The van der Waals surface area contributed by atoms with Crippen LogP contribution in [0.3, 0.4) is 0 Å². The fourth-order valence-electron chi connectivity index (χ4n) is 17.1. The van der Waals surface area contributed by atoms with Gasteiger partial charge in [0, 0.05) is 214 Å². The van der Waals surface area contributed by atoms with E-state index in [2.05, 4.69) is 176 Å². The third-order valence-electron chi connectivity index (χ3n) is 22.8. The number of rotatable bonds is 21. The van der Waals surface area contributed by atoms with Crippen molar-refractivity contribution >= 4 is 136 Å². The van der Waals surface area contributed by atoms with Crippen LogP contribution >= 0.6 is 46.4 Å². The van der Waals surface area contributed by atoms with E-state index in [1.807, 2.05) is 146 Å². The summed E-state index contributed by atoms with van der Waals surface area (Å²) in [5.74, 6) is 4.54. The van der Waals surface area contributed by atoms with Gasteiger partial charge in [0.25, 0.3) is 0 Å². The maximum absolute atomic E-state index is 10.5. The lowest BCUT2D eigenvalue weighted by molar-refractivity contribution is 0.317. The van der Waals surface area contributed by atoms with E-state index in [1.165, 1.54) is 5.69 Å². The van der Waals surface area contributed by atoms with Gasteiger partial charge in [0.2, 0.25) is 0 Å². The Morgan fingerprint density at radius 2 is 0.512 bits per heavy atom. The van der Waals surface area contributed by atoms with Crippen LogP contribution in [0, 0.1) is 0 Å². The molecule has 4 aliphatic rings. The molecule has 4 aromatic heterocycles. The first-order valence-electron chi connectivity index (χ1n) is 44.1. The quantitative estimate of drug-likeness (QED) is 0.0321. The van der Waals surface area contributed by atoms with Gasteiger partial charge in [-0.25, -0.2) is 19.9 Å². The minimum absolute atomic E-state index is 0.126. The van der Waals surface area contributed by atoms with Gasteiger partial charge in [-0.05, 0) is 230 Å². The van der Waals surface area contributed by atoms with Gasteiger partial charge in [-0.15, -0.1) is 0 Å². The highest BCUT2D eigenvalue weighted by Crippen LogP contribution is 2.41. The van der Waals surface area contributed by atoms with Crippen LogP contribution in [-0.2, 0) is 26.2 Å². The van der Waals surface area contributed by atoms with E-state index < -0.39 is 0 Å². The molecule has 11 N–H and O–H groups in total. The first-order valence-corrected chi connectivity index (χ1v) is 45.6. The Bertz CT molecular complexity index is 5130. The number of pyridine rings is 4. The predicted octanol–water partition coefficient (Wildman–Crippen LogP) is 22.6. The molecule has 125 heavy (non-hydrogen) atoms. The van der Waals surface area contributed by atoms with Crippen LogP contribution in [0.25, 0.3) is 43.6 Å². The predicted molar refractivity (Wildman–Crippen MR) is 526 cm³/mol. The average molecular weight is 1770 g/mol. The number of hydrogen-bond donors (Lipinski definition) is 11. The standard InChI is InChI=1S/C26H33ClN4O.3C25H31ClN4O/c1-26(2,3)30-20-12-14-31(15-13-20)22-16-24(28-17-18-8-10-19(27)11-9-18)29-25-21(22)6-5-7-23(25)32-4;3*1-25(2,3)29-19-11-13-30(14-12-19)21-15-23(27-16-17-7-9-18(26)10-8-17)28-24-20(21)5-4-6-22(24)31/h5-11,16,20,30H,12-15,17H2,1-4H3,(H,28,29);3*4-10,15,19,29,31H,11-14,16H2,1-3H3,(H,27,28). The SMILES string of the molecule is CC(C)(C)NC1CCN(c2cc(NCc3ccc(Cl)cc3)nc3c(O)cccc23)CC1.CC(C)(C)NC1CCN(c2cc(NCc3ccc(Cl)cc3)nc3c(O)cccc23)CC1.CC(C)(C)NC1CCN(c2cc(NCc3ccc(Cl)cc3)nc3c(O)cccc23)CC1.COc1cccc2c(N3CCC(NC(C)(C)C)CC3)cc(NCc3ccc(Cl)cc3)nc12. The summed E-state index contributed by atoms with van der Waals surface area (Å²) in [6.45, 7) is 37.1. The molecule has 16 rings (SSSR count). The van der Waals surface area contributed by atoms with E-state index >= 15 is 0 Å². The molecule has 0 saturated carbocycles. The summed E-state index contributed by atoms with van der Waals surface area (Å²) >= 11 is 24.0. The van der Waals surface area contributed by atoms with Gasteiger partial charge in [-0.2, -0.15) is 0 Å². The van der Waals surface area contributed by atoms with Crippen LogP contribution < -0.4 is 66.9 Å². The van der Waals surface area contributed by atoms with Crippen LogP contribution in [-0.4, -0.2) is 141 Å². The summed E-state index contributed by atoms with van der Waals surface area (Å²) in [7, 11) is 1.70. The van der Waals surface area contributed by atoms with Gasteiger partial charge in [0.15, 0.2) is 0 Å². The molecule has 0 amide bonds. The van der Waals surface area contributed by atoms with Crippen molar-refractivity contribution in [1.29, 1.82) is 0 Å². The third kappa shape index (κ3) is 26.6. The molecular weight excluding hydrogens is 1640 g/mol. The van der Waals surface area contributed by atoms with Crippen molar-refractivity contribution in [3.8, 4) is 23.0 Å². The van der Waals surface area contributed by atoms with Crippen molar-refractivity contribution in [3.05, 3.63) is 236 Å². The van der Waals surface area contributed by atoms with Gasteiger partial charge in [-0.3, -0.25) is 0 Å². The zero-order valence-corrected chi connectivity index (χ0v) is 77.8. The summed E-state index contributed by atoms with van der Waals surface area (Å²) in [6.07, 6.45) is 8.79. The molecule has 0 atom stereocenters. The van der Waals surface area contributed by atoms with Crippen molar-refractivity contribution in [3.63, 3.8) is 0 Å². The molecule has 0 radical (unpaired) electrons. The molecule has 0 spiro atoms. The number of halogens is 4. The van der Waals surface area contributed by atoms with Crippen molar-refractivity contribution < 1.29 is 20.1 Å². The third-order valence-corrected chi connectivity index (χ3v) is 23.8. The molecule has 4 aliphatic heterocycles. The molecule has 0 aliphatic carbocycles. The van der Waals surface area contributed by atoms with Crippen LogP contribution in [0.15, 0.2) is 194 Å². The van der Waals surface area contributed by atoms with Crippen molar-refractivity contribution in [2.45, 2.75) is 207 Å². The van der Waals surface area contributed by atoms with Gasteiger partial charge >= 0.3 is 0 Å². The lowest BCUT2D eigenvalue weighted by atomic mass is 9.99. The summed E-state index contributed by atoms with van der Waals surface area (Å²) in [6, 6.07) is 64.9. The number of nitrogens with zero attached hydrogens (tertiary/aromatic N) is 8. The first kappa shape index (κ1) is 92.7. The number of fused-ring (bicyclic) bond motifs is 4. The number of hydrogen-bond acceptors (Lipinski definition) is 20. The van der Waals surface area contributed by atoms with Crippen LogP contribution in [0.1, 0.15) is 157 Å². The average Bonchev–Trinajstić information content (AvgIpc) is 0.746. The maximum atomic E-state index is 10.5. The number of phenolic OH excluding ortho intramolecular Hbond substituents is 3. The number of benzene rings is 8. The highest BCUT2D eigenvalue weighted by molar-refractivity contribution is 6.31. The Balaban J connectivity index is 0.000000143. The molecule has 4 fully saturated rings. The molecule has 0 bridgehead atoms. The topological polar surface area (TPSA) is 231 Å². The minimum atomic E-state index is 0.126. The number of aromatic hydroxyl groups is 3. The highest BCUT2D eigenvalue weighted by Gasteiger charge is 2.31. The summed E-state index contributed by atoms with van der Waals surface area (Å²) in [4.78, 5) is 28.7. The lowest BCUT2D eigenvalue weighted by Crippen LogP contribution is -2.49. The maximum Gasteiger partial charge on any atom is 0.145 e. The summed E-state index contributed by atoms with van der Waals surface area (Å²) < 4.78 is 5.64. The van der Waals surface area contributed by atoms with Crippen molar-refractivity contribution in [1.82, 2.24) is 41.2 Å². The van der Waals surface area contributed by atoms with E-state index in [9.17, 15) is 15.3 Å². The fourth-order valence-corrected chi connectivity index (χ4v) is 17.6. The van der Waals surface area contributed by atoms with Crippen molar-refractivity contribution in [2.24, 2.45) is 0 Å². The number of anilines is 8. The monoisotopic (exact) mass is 1770 g/mol. The fraction of sp³-hybridized carbons (Fsp3) is 0.406. The Kier molecular flexibility index (Phi) is 30.9. The zero-order valence-electron chi connectivity index (χ0n) is 74.8. The number of ether oxygens (including phenoxy) is 1. The number of piperidine rings is 4. The second-order valence-electron chi connectivity index (χ2n) is 37.5. The van der Waals surface area contributed by atoms with E-state index in [4.69, 9.17) is 71.1 Å². The number of phenols is 3. The molecule has 662 valence electrons. The number of para-hydroxylation sites is 4. The second-order valence-corrected chi connectivity index (χ2v) is 39.3. The summed E-state index contributed by atoms with van der Waals surface area (Å²) in [5.41, 5.74) is 12.4. The van der Waals surface area contributed by atoms with Crippen LogP contribution in [0.5, 0.6) is 23.0 Å². The van der Waals surface area contributed by atoms with Gasteiger partial charge in [0.05, 0.1) is 7.11 Å². The van der Waals surface area contributed by atoms with E-state index in [-0.39, 0.29) is 39.4 Å². The number of aromatic nitrogens is 4. The molecule has 4 saturated heterocycles. The largest absolute Gasteiger partial charge is 0.506 e. The molecule has 8 aromatic carbocycles. The highest BCUT2D eigenvalue weighted by atomic mass is 35.5. The van der Waals surface area contributed by atoms with Gasteiger partial charge < -0.3 is 82.2 Å². The molecular formula is C101H126Cl4N16O4. The van der Waals surface area contributed by atoms with Crippen LogP contribution in [0.4, 0.5) is 46.0 Å². The molecule has 24 heteroatoms. The smallest absolute Gasteiger partial charge is 0.145 e. The normalized spacial score (nSPS) is 15.4. The second kappa shape index (κ2) is 41.6. The van der Waals surface area contributed by atoms with Gasteiger partial charge in [0.1, 0.15) is 68.3 Å². The van der Waals surface area contributed by atoms with Crippen molar-refractivity contribution in [2.75, 3.05) is 100 Å². The Hall–Kier alpha value is -10.0. The first-order chi connectivity index (χ1) is 59.7. The molecule has 12 aromatic rings. The van der Waals surface area contributed by atoms with E-state index in [0.717, 1.165) is 219 Å². The lowest BCUT2D eigenvalue weighted by Gasteiger charge is -2.37. The van der Waals surface area contributed by atoms with Gasteiger partial charge in [-0.1, -0.05) is 143 Å². The number of methoxy groups -OCH3 is 1. The summed E-state index contributed by atoms with van der Waals surface area (Å²) in [5, 5.41) is 67.1. The molecule has 0 unspecified atom stereocenters. The van der Waals surface area contributed by atoms with Crippen LogP contribution in [0.2, 0.25) is 20.1 Å². The van der Waals surface area contributed by atoms with E-state index in [0.29, 0.717) is 66.9 Å². The number of nitrogens with one attached hydrogen (secondary N) is 8. The Morgan fingerprint density at radius 1 is 0.304 bits per heavy atom.